The van der Waals surface area contributed by atoms with E-state index in [4.69, 9.17) is 4.98 Å². The maximum atomic E-state index is 4.79. The highest BCUT2D eigenvalue weighted by molar-refractivity contribution is 5.45. The quantitative estimate of drug-likeness (QED) is 0.892. The van der Waals surface area contributed by atoms with E-state index in [0.29, 0.717) is 12.0 Å². The summed E-state index contributed by atoms with van der Waals surface area (Å²) < 4.78 is 0. The van der Waals surface area contributed by atoms with Crippen LogP contribution < -0.4 is 10.2 Å². The van der Waals surface area contributed by atoms with Crippen molar-refractivity contribution in [2.45, 2.75) is 65.1 Å². The first-order valence-electron chi connectivity index (χ1n) is 8.11. The molecule has 1 saturated carbocycles. The minimum atomic E-state index is 0.661. The molecule has 3 rings (SSSR count). The number of nitrogens with one attached hydrogen (secondary N) is 1. The smallest absolute Gasteiger partial charge is 0.129 e. The van der Waals surface area contributed by atoms with Crippen molar-refractivity contribution >= 4 is 5.82 Å². The van der Waals surface area contributed by atoms with Crippen LogP contribution in [0.4, 0.5) is 5.82 Å². The largest absolute Gasteiger partial charge is 0.353 e. The topological polar surface area (TPSA) is 28.2 Å². The van der Waals surface area contributed by atoms with Crippen molar-refractivity contribution in [3.05, 3.63) is 23.4 Å². The van der Waals surface area contributed by atoms with Gasteiger partial charge in [-0.15, -0.1) is 0 Å². The van der Waals surface area contributed by atoms with Crippen LogP contribution in [-0.2, 0) is 6.54 Å². The van der Waals surface area contributed by atoms with E-state index in [1.165, 1.54) is 37.1 Å². The minimum absolute atomic E-state index is 0.661. The van der Waals surface area contributed by atoms with Gasteiger partial charge in [-0.2, -0.15) is 0 Å². The third kappa shape index (κ3) is 3.14. The van der Waals surface area contributed by atoms with Gasteiger partial charge in [0, 0.05) is 30.9 Å². The van der Waals surface area contributed by atoms with Crippen LogP contribution >= 0.6 is 0 Å². The Balaban J connectivity index is 1.77. The van der Waals surface area contributed by atoms with E-state index < -0.39 is 0 Å². The summed E-state index contributed by atoms with van der Waals surface area (Å²) >= 11 is 0. The van der Waals surface area contributed by atoms with Crippen molar-refractivity contribution in [2.75, 3.05) is 11.4 Å². The van der Waals surface area contributed by atoms with Crippen LogP contribution in [0.1, 0.15) is 50.8 Å². The molecule has 2 aliphatic rings. The number of aromatic nitrogens is 1. The Kier molecular flexibility index (Phi) is 3.97. The van der Waals surface area contributed by atoms with E-state index in [1.54, 1.807) is 0 Å². The molecule has 3 nitrogen and oxygen atoms in total. The van der Waals surface area contributed by atoms with Crippen molar-refractivity contribution in [2.24, 2.45) is 5.92 Å². The summed E-state index contributed by atoms with van der Waals surface area (Å²) in [5.74, 6) is 1.89. The van der Waals surface area contributed by atoms with E-state index >= 15 is 0 Å². The van der Waals surface area contributed by atoms with E-state index in [2.05, 4.69) is 43.1 Å². The molecule has 1 aliphatic carbocycles. The van der Waals surface area contributed by atoms with Crippen LogP contribution in [0.15, 0.2) is 12.1 Å². The first-order chi connectivity index (χ1) is 9.63. The summed E-state index contributed by atoms with van der Waals surface area (Å²) in [5.41, 5.74) is 2.53. The van der Waals surface area contributed by atoms with E-state index in [-0.39, 0.29) is 0 Å². The molecule has 0 radical (unpaired) electrons. The van der Waals surface area contributed by atoms with Crippen molar-refractivity contribution in [3.8, 4) is 0 Å². The molecule has 2 fully saturated rings. The summed E-state index contributed by atoms with van der Waals surface area (Å²) in [4.78, 5) is 7.32. The fraction of sp³-hybridized carbons (Fsp3) is 0.706. The predicted molar refractivity (Wildman–Crippen MR) is 84.0 cm³/mol. The molecule has 1 aromatic heterocycles. The lowest BCUT2D eigenvalue weighted by Gasteiger charge is -2.29. The average Bonchev–Trinajstić information content (AvgIpc) is 3.09. The molecule has 1 atom stereocenters. The fourth-order valence-electron chi connectivity index (χ4n) is 3.29. The van der Waals surface area contributed by atoms with Gasteiger partial charge in [0.15, 0.2) is 0 Å². The average molecular weight is 273 g/mol. The van der Waals surface area contributed by atoms with Gasteiger partial charge in [0.25, 0.3) is 0 Å². The predicted octanol–water partition coefficient (Wildman–Crippen LogP) is 3.27. The van der Waals surface area contributed by atoms with Gasteiger partial charge in [0.2, 0.25) is 0 Å². The molecule has 1 aromatic rings. The fourth-order valence-corrected chi connectivity index (χ4v) is 3.29. The molecule has 1 N–H and O–H groups in total. The first-order valence-corrected chi connectivity index (χ1v) is 8.11. The number of nitrogens with zero attached hydrogens (tertiary/aromatic N) is 2. The highest BCUT2D eigenvalue weighted by Gasteiger charge is 2.28. The number of hydrogen-bond acceptors (Lipinski definition) is 3. The second kappa shape index (κ2) is 5.72. The zero-order valence-electron chi connectivity index (χ0n) is 13.0. The van der Waals surface area contributed by atoms with Gasteiger partial charge < -0.3 is 10.2 Å². The molecule has 1 aliphatic heterocycles. The maximum Gasteiger partial charge on any atom is 0.129 e. The molecule has 3 heteroatoms. The van der Waals surface area contributed by atoms with E-state index in [1.807, 2.05) is 0 Å². The number of aryl methyl sites for hydroxylation is 1. The number of pyridine rings is 1. The molecule has 20 heavy (non-hydrogen) atoms. The zero-order chi connectivity index (χ0) is 14.1. The summed E-state index contributed by atoms with van der Waals surface area (Å²) in [6.45, 7) is 8.92. The number of hydrogen-bond donors (Lipinski definition) is 1. The molecule has 0 amide bonds. The van der Waals surface area contributed by atoms with Crippen LogP contribution in [0.2, 0.25) is 0 Å². The molecule has 0 bridgehead atoms. The second-order valence-electron chi connectivity index (χ2n) is 6.78. The molecule has 1 unspecified atom stereocenters. The Hall–Kier alpha value is -1.09. The van der Waals surface area contributed by atoms with Gasteiger partial charge in [0.1, 0.15) is 5.82 Å². The van der Waals surface area contributed by atoms with Crippen molar-refractivity contribution in [3.63, 3.8) is 0 Å². The Morgan fingerprint density at radius 3 is 2.80 bits per heavy atom. The summed E-state index contributed by atoms with van der Waals surface area (Å²) in [5, 5.41) is 3.61. The van der Waals surface area contributed by atoms with Gasteiger partial charge in [-0.05, 0) is 56.2 Å². The summed E-state index contributed by atoms with van der Waals surface area (Å²) in [6.07, 6.45) is 5.30. The van der Waals surface area contributed by atoms with Crippen molar-refractivity contribution in [1.82, 2.24) is 10.3 Å². The molecule has 0 aromatic carbocycles. The van der Waals surface area contributed by atoms with Gasteiger partial charge in [-0.25, -0.2) is 4.98 Å². The molecule has 0 spiro atoms. The minimum Gasteiger partial charge on any atom is -0.353 e. The monoisotopic (exact) mass is 273 g/mol. The Morgan fingerprint density at radius 1 is 1.30 bits per heavy atom. The second-order valence-corrected chi connectivity index (χ2v) is 6.78. The van der Waals surface area contributed by atoms with Crippen molar-refractivity contribution < 1.29 is 0 Å². The number of rotatable bonds is 5. The Bertz CT molecular complexity index is 465. The molecule has 110 valence electrons. The summed E-state index contributed by atoms with van der Waals surface area (Å²) in [7, 11) is 0. The Labute approximate surface area is 122 Å². The third-order valence-corrected chi connectivity index (χ3v) is 4.53. The van der Waals surface area contributed by atoms with E-state index in [0.717, 1.165) is 24.8 Å². The van der Waals surface area contributed by atoms with Crippen LogP contribution in [-0.4, -0.2) is 23.6 Å². The van der Waals surface area contributed by atoms with Gasteiger partial charge in [-0.1, -0.05) is 13.8 Å². The zero-order valence-corrected chi connectivity index (χ0v) is 13.0. The van der Waals surface area contributed by atoms with Crippen LogP contribution in [0, 0.1) is 12.8 Å². The number of anilines is 1. The lowest BCUT2D eigenvalue weighted by atomic mass is 10.0. The highest BCUT2D eigenvalue weighted by atomic mass is 15.2. The highest BCUT2D eigenvalue weighted by Crippen LogP contribution is 2.29. The van der Waals surface area contributed by atoms with Crippen molar-refractivity contribution in [1.29, 1.82) is 0 Å². The Morgan fingerprint density at radius 2 is 2.10 bits per heavy atom. The van der Waals surface area contributed by atoms with Crippen LogP contribution in [0.3, 0.4) is 0 Å². The molecular weight excluding hydrogens is 246 g/mol. The molecule has 1 saturated heterocycles. The van der Waals surface area contributed by atoms with Gasteiger partial charge >= 0.3 is 0 Å². The maximum absolute atomic E-state index is 4.79. The molecular formula is C17H27N3. The summed E-state index contributed by atoms with van der Waals surface area (Å²) in [6, 6.07) is 5.94. The van der Waals surface area contributed by atoms with Gasteiger partial charge in [0.05, 0.1) is 0 Å². The van der Waals surface area contributed by atoms with Crippen LogP contribution in [0.25, 0.3) is 0 Å². The molecule has 2 heterocycles. The normalized spacial score (nSPS) is 22.8. The standard InChI is InChI=1S/C17H27N3/c1-12(2)16-5-4-8-20(16)17-10-14(9-13(3)19-17)11-18-15-6-7-15/h9-10,12,15-16,18H,4-8,11H2,1-3H3. The van der Waals surface area contributed by atoms with Gasteiger partial charge in [-0.3, -0.25) is 0 Å². The van der Waals surface area contributed by atoms with E-state index in [9.17, 15) is 0 Å². The lowest BCUT2D eigenvalue weighted by molar-refractivity contribution is 0.489. The van der Waals surface area contributed by atoms with Crippen LogP contribution in [0.5, 0.6) is 0 Å². The third-order valence-electron chi connectivity index (χ3n) is 4.53. The first kappa shape index (κ1) is 13.9. The lowest BCUT2D eigenvalue weighted by Crippen LogP contribution is -2.34. The SMILES string of the molecule is Cc1cc(CNC2CC2)cc(N2CCCC2C(C)C)n1.